The highest BCUT2D eigenvalue weighted by atomic mass is 15.0. The molecule has 1 aliphatic rings. The first-order chi connectivity index (χ1) is 9.74. The van der Waals surface area contributed by atoms with Crippen LogP contribution in [0.25, 0.3) is 0 Å². The van der Waals surface area contributed by atoms with Crippen molar-refractivity contribution in [3.05, 3.63) is 52.6 Å². The molecule has 2 N–H and O–H groups in total. The van der Waals surface area contributed by atoms with Gasteiger partial charge in [0.2, 0.25) is 0 Å². The molecular formula is C17H23N3. The summed E-state index contributed by atoms with van der Waals surface area (Å²) in [5, 5.41) is 3.57. The van der Waals surface area contributed by atoms with Crippen molar-refractivity contribution in [2.75, 3.05) is 0 Å². The monoisotopic (exact) mass is 269 g/mol. The van der Waals surface area contributed by atoms with Crippen LogP contribution in [0.3, 0.4) is 0 Å². The first-order valence-electron chi connectivity index (χ1n) is 7.58. The molecule has 0 saturated heterocycles. The van der Waals surface area contributed by atoms with Crippen molar-refractivity contribution in [3.8, 4) is 0 Å². The molecule has 1 unspecified atom stereocenters. The molecule has 0 spiro atoms. The maximum absolute atomic E-state index is 4.33. The number of aromatic nitrogens is 2. The molecule has 3 rings (SSSR count). The normalized spacial score (nSPS) is 15.9. The number of aryl methyl sites for hydroxylation is 3. The van der Waals surface area contributed by atoms with Gasteiger partial charge in [-0.15, -0.1) is 0 Å². The fraction of sp³-hybridized carbons (Fsp3) is 0.471. The molecule has 0 radical (unpaired) electrons. The number of rotatable bonds is 4. The summed E-state index contributed by atoms with van der Waals surface area (Å²) in [6.45, 7) is 5.10. The van der Waals surface area contributed by atoms with Gasteiger partial charge in [-0.25, -0.2) is 4.98 Å². The Bertz CT molecular complexity index is 586. The lowest BCUT2D eigenvalue weighted by atomic mass is 9.89. The van der Waals surface area contributed by atoms with Gasteiger partial charge in [-0.1, -0.05) is 18.2 Å². The summed E-state index contributed by atoms with van der Waals surface area (Å²) < 4.78 is 0. The summed E-state index contributed by atoms with van der Waals surface area (Å²) in [6, 6.07) is 7.35. The molecule has 3 heteroatoms. The van der Waals surface area contributed by atoms with Crippen molar-refractivity contribution in [1.29, 1.82) is 0 Å². The molecule has 1 aromatic carbocycles. The molecule has 0 saturated carbocycles. The predicted octanol–water partition coefficient (Wildman–Crippen LogP) is 3.45. The predicted molar refractivity (Wildman–Crippen MR) is 81.7 cm³/mol. The van der Waals surface area contributed by atoms with Gasteiger partial charge in [-0.2, -0.15) is 0 Å². The van der Waals surface area contributed by atoms with Gasteiger partial charge in [0.1, 0.15) is 0 Å². The van der Waals surface area contributed by atoms with Gasteiger partial charge in [0.15, 0.2) is 0 Å². The fourth-order valence-electron chi connectivity index (χ4n) is 2.96. The average Bonchev–Trinajstić information content (AvgIpc) is 2.89. The van der Waals surface area contributed by atoms with E-state index in [1.54, 1.807) is 17.5 Å². The van der Waals surface area contributed by atoms with E-state index in [4.69, 9.17) is 0 Å². The van der Waals surface area contributed by atoms with Crippen molar-refractivity contribution < 1.29 is 0 Å². The summed E-state index contributed by atoms with van der Waals surface area (Å²) in [6.07, 6.45) is 6.94. The Morgan fingerprint density at radius 2 is 2.05 bits per heavy atom. The highest BCUT2D eigenvalue weighted by molar-refractivity contribution is 5.35. The number of H-pyrrole nitrogens is 1. The topological polar surface area (TPSA) is 40.7 Å². The smallest absolute Gasteiger partial charge is 0.0925 e. The summed E-state index contributed by atoms with van der Waals surface area (Å²) >= 11 is 0. The zero-order chi connectivity index (χ0) is 13.9. The van der Waals surface area contributed by atoms with E-state index in [2.05, 4.69) is 47.3 Å². The van der Waals surface area contributed by atoms with Gasteiger partial charge in [0.25, 0.3) is 0 Å². The van der Waals surface area contributed by atoms with Crippen LogP contribution in [0.2, 0.25) is 0 Å². The standard InChI is InChI=1S/C17H23N3/c1-12(18-10-17-13(2)19-11-20-17)15-8-7-14-5-3-4-6-16(14)9-15/h7-9,11-12,18H,3-6,10H2,1-2H3,(H,19,20). The molecule has 0 fully saturated rings. The van der Waals surface area contributed by atoms with Crippen LogP contribution in [0.15, 0.2) is 24.5 Å². The van der Waals surface area contributed by atoms with Crippen LogP contribution in [-0.4, -0.2) is 9.97 Å². The van der Waals surface area contributed by atoms with Gasteiger partial charge < -0.3 is 10.3 Å². The van der Waals surface area contributed by atoms with Crippen LogP contribution < -0.4 is 5.32 Å². The number of imidazole rings is 1. The highest BCUT2D eigenvalue weighted by Crippen LogP contribution is 2.24. The zero-order valence-corrected chi connectivity index (χ0v) is 12.4. The van der Waals surface area contributed by atoms with E-state index in [1.807, 2.05) is 0 Å². The van der Waals surface area contributed by atoms with E-state index in [-0.39, 0.29) is 0 Å². The Labute approximate surface area is 120 Å². The first kappa shape index (κ1) is 13.4. The quantitative estimate of drug-likeness (QED) is 0.892. The summed E-state index contributed by atoms with van der Waals surface area (Å²) in [5.74, 6) is 0. The van der Waals surface area contributed by atoms with Crippen molar-refractivity contribution in [2.24, 2.45) is 0 Å². The summed E-state index contributed by atoms with van der Waals surface area (Å²) in [4.78, 5) is 7.46. The van der Waals surface area contributed by atoms with Gasteiger partial charge in [-0.05, 0) is 56.2 Å². The second-order valence-corrected chi connectivity index (χ2v) is 5.81. The van der Waals surface area contributed by atoms with E-state index in [0.29, 0.717) is 6.04 Å². The second-order valence-electron chi connectivity index (χ2n) is 5.81. The van der Waals surface area contributed by atoms with E-state index >= 15 is 0 Å². The van der Waals surface area contributed by atoms with Gasteiger partial charge >= 0.3 is 0 Å². The molecule has 1 atom stereocenters. The molecule has 3 nitrogen and oxygen atoms in total. The van der Waals surface area contributed by atoms with Crippen molar-refractivity contribution in [3.63, 3.8) is 0 Å². The molecule has 0 amide bonds. The van der Waals surface area contributed by atoms with Gasteiger partial charge in [0.05, 0.1) is 12.0 Å². The van der Waals surface area contributed by atoms with E-state index in [9.17, 15) is 0 Å². The Kier molecular flexibility index (Phi) is 3.88. The van der Waals surface area contributed by atoms with Crippen LogP contribution in [0, 0.1) is 6.92 Å². The third kappa shape index (κ3) is 2.78. The maximum Gasteiger partial charge on any atom is 0.0925 e. The van der Waals surface area contributed by atoms with Crippen LogP contribution in [0.4, 0.5) is 0 Å². The lowest BCUT2D eigenvalue weighted by molar-refractivity contribution is 0.565. The van der Waals surface area contributed by atoms with E-state index in [1.165, 1.54) is 31.2 Å². The maximum atomic E-state index is 4.33. The van der Waals surface area contributed by atoms with Crippen molar-refractivity contribution in [1.82, 2.24) is 15.3 Å². The largest absolute Gasteiger partial charge is 0.348 e. The minimum atomic E-state index is 0.360. The van der Waals surface area contributed by atoms with Gasteiger partial charge in [0, 0.05) is 18.3 Å². The lowest BCUT2D eigenvalue weighted by Gasteiger charge is -2.20. The number of nitrogens with zero attached hydrogens (tertiary/aromatic N) is 1. The van der Waals surface area contributed by atoms with Crippen LogP contribution >= 0.6 is 0 Å². The van der Waals surface area contributed by atoms with Crippen LogP contribution in [0.1, 0.15) is 53.9 Å². The fourth-order valence-corrected chi connectivity index (χ4v) is 2.96. The zero-order valence-electron chi connectivity index (χ0n) is 12.4. The van der Waals surface area contributed by atoms with Crippen LogP contribution in [-0.2, 0) is 19.4 Å². The molecule has 1 heterocycles. The number of aromatic amines is 1. The van der Waals surface area contributed by atoms with Gasteiger partial charge in [-0.3, -0.25) is 0 Å². The molecule has 106 valence electrons. The average molecular weight is 269 g/mol. The number of hydrogen-bond donors (Lipinski definition) is 2. The Balaban J connectivity index is 1.67. The summed E-state index contributed by atoms with van der Waals surface area (Å²) in [7, 11) is 0. The third-order valence-corrected chi connectivity index (χ3v) is 4.38. The second kappa shape index (κ2) is 5.80. The lowest BCUT2D eigenvalue weighted by Crippen LogP contribution is -2.19. The molecule has 0 bridgehead atoms. The van der Waals surface area contributed by atoms with Crippen LogP contribution in [0.5, 0.6) is 0 Å². The third-order valence-electron chi connectivity index (χ3n) is 4.38. The minimum Gasteiger partial charge on any atom is -0.348 e. The molecular weight excluding hydrogens is 246 g/mol. The number of benzene rings is 1. The Morgan fingerprint density at radius 1 is 1.25 bits per heavy atom. The molecule has 2 aromatic rings. The number of fused-ring (bicyclic) bond motifs is 1. The molecule has 20 heavy (non-hydrogen) atoms. The molecule has 1 aromatic heterocycles. The highest BCUT2D eigenvalue weighted by Gasteiger charge is 2.12. The number of hydrogen-bond acceptors (Lipinski definition) is 2. The SMILES string of the molecule is Cc1[nH]cnc1CNC(C)c1ccc2c(c1)CCCC2. The number of nitrogens with one attached hydrogen (secondary N) is 2. The minimum absolute atomic E-state index is 0.360. The Hall–Kier alpha value is -1.61. The van der Waals surface area contributed by atoms with Crippen molar-refractivity contribution in [2.45, 2.75) is 52.1 Å². The summed E-state index contributed by atoms with van der Waals surface area (Å²) in [5.41, 5.74) is 6.75. The van der Waals surface area contributed by atoms with E-state index in [0.717, 1.165) is 17.9 Å². The molecule has 0 aliphatic heterocycles. The Morgan fingerprint density at radius 3 is 2.80 bits per heavy atom. The molecule has 1 aliphatic carbocycles. The van der Waals surface area contributed by atoms with E-state index < -0.39 is 0 Å². The first-order valence-corrected chi connectivity index (χ1v) is 7.58. The van der Waals surface area contributed by atoms with Crippen molar-refractivity contribution >= 4 is 0 Å².